The molecule has 1 saturated carbocycles. The van der Waals surface area contributed by atoms with E-state index in [-0.39, 0.29) is 0 Å². The van der Waals surface area contributed by atoms with Gasteiger partial charge in [0.15, 0.2) is 0 Å². The minimum Gasteiger partial charge on any atom is -0.316 e. The molecule has 1 aromatic rings. The zero-order valence-corrected chi connectivity index (χ0v) is 9.02. The summed E-state index contributed by atoms with van der Waals surface area (Å²) < 4.78 is 2.25. The average Bonchev–Trinajstić information content (AvgIpc) is 2.96. The van der Waals surface area contributed by atoms with Crippen molar-refractivity contribution in [2.75, 3.05) is 6.54 Å². The number of hydrogen-bond donors (Lipinski definition) is 1. The van der Waals surface area contributed by atoms with Crippen LogP contribution in [0.5, 0.6) is 0 Å². The molecule has 4 nitrogen and oxygen atoms in total. The van der Waals surface area contributed by atoms with Crippen LogP contribution in [0.1, 0.15) is 44.0 Å². The maximum atomic E-state index is 4.27. The number of nitrogens with zero attached hydrogens (tertiary/aromatic N) is 3. The van der Waals surface area contributed by atoms with Gasteiger partial charge in [-0.15, -0.1) is 10.2 Å². The summed E-state index contributed by atoms with van der Waals surface area (Å²) >= 11 is 0. The van der Waals surface area contributed by atoms with E-state index in [0.29, 0.717) is 6.04 Å². The summed E-state index contributed by atoms with van der Waals surface area (Å²) in [6.07, 6.45) is 8.49. The van der Waals surface area contributed by atoms with Crippen molar-refractivity contribution in [2.45, 2.75) is 44.7 Å². The Morgan fingerprint density at radius 3 is 3.00 bits per heavy atom. The Morgan fingerprint density at radius 2 is 2.27 bits per heavy atom. The molecule has 0 spiro atoms. The van der Waals surface area contributed by atoms with Crippen molar-refractivity contribution >= 4 is 0 Å². The Bertz CT molecular complexity index is 323. The predicted molar refractivity (Wildman–Crippen MR) is 57.3 cm³/mol. The first-order valence-electron chi connectivity index (χ1n) is 6.04. The topological polar surface area (TPSA) is 42.7 Å². The van der Waals surface area contributed by atoms with E-state index in [2.05, 4.69) is 20.1 Å². The highest BCUT2D eigenvalue weighted by Crippen LogP contribution is 2.31. The van der Waals surface area contributed by atoms with Crippen LogP contribution in [0.4, 0.5) is 0 Å². The van der Waals surface area contributed by atoms with E-state index < -0.39 is 0 Å². The first kappa shape index (κ1) is 9.33. The second kappa shape index (κ2) is 3.93. The quantitative estimate of drug-likeness (QED) is 0.815. The lowest BCUT2D eigenvalue weighted by Crippen LogP contribution is -2.29. The standard InChI is InChI=1S/C11H18N4/c1-2-6-12-10(3-1)11-14-13-8-15(11)7-9-4-5-9/h8-10,12H,1-7H2. The molecule has 2 aliphatic rings. The summed E-state index contributed by atoms with van der Waals surface area (Å²) in [5.41, 5.74) is 0. The van der Waals surface area contributed by atoms with E-state index in [0.717, 1.165) is 24.8 Å². The van der Waals surface area contributed by atoms with Crippen LogP contribution in [0.2, 0.25) is 0 Å². The minimum atomic E-state index is 0.444. The predicted octanol–water partition coefficient (Wildman–Crippen LogP) is 1.50. The maximum Gasteiger partial charge on any atom is 0.149 e. The van der Waals surface area contributed by atoms with Crippen LogP contribution in [0.3, 0.4) is 0 Å². The lowest BCUT2D eigenvalue weighted by Gasteiger charge is -2.23. The van der Waals surface area contributed by atoms with E-state index in [1.54, 1.807) is 0 Å². The Labute approximate surface area is 90.1 Å². The fourth-order valence-corrected chi connectivity index (χ4v) is 2.33. The van der Waals surface area contributed by atoms with Gasteiger partial charge in [-0.05, 0) is 38.1 Å². The second-order valence-electron chi connectivity index (χ2n) is 4.79. The molecule has 3 rings (SSSR count). The second-order valence-corrected chi connectivity index (χ2v) is 4.79. The number of piperidine rings is 1. The maximum absolute atomic E-state index is 4.27. The summed E-state index contributed by atoms with van der Waals surface area (Å²) in [5, 5.41) is 11.9. The van der Waals surface area contributed by atoms with Crippen molar-refractivity contribution in [3.63, 3.8) is 0 Å². The van der Waals surface area contributed by atoms with Gasteiger partial charge in [-0.25, -0.2) is 0 Å². The number of nitrogens with one attached hydrogen (secondary N) is 1. The third-order valence-corrected chi connectivity index (χ3v) is 3.42. The molecule has 15 heavy (non-hydrogen) atoms. The summed E-state index contributed by atoms with van der Waals surface area (Å²) in [7, 11) is 0. The molecule has 1 aliphatic carbocycles. The molecule has 4 heteroatoms. The SMILES string of the molecule is c1nnc(C2CCCCN2)n1CC1CC1. The van der Waals surface area contributed by atoms with Crippen molar-refractivity contribution in [3.8, 4) is 0 Å². The van der Waals surface area contributed by atoms with E-state index in [4.69, 9.17) is 0 Å². The molecule has 82 valence electrons. The molecular formula is C11H18N4. The van der Waals surface area contributed by atoms with Gasteiger partial charge in [0, 0.05) is 6.54 Å². The lowest BCUT2D eigenvalue weighted by molar-refractivity contribution is 0.381. The highest BCUT2D eigenvalue weighted by Gasteiger charge is 2.25. The van der Waals surface area contributed by atoms with Gasteiger partial charge in [0.05, 0.1) is 6.04 Å². The summed E-state index contributed by atoms with van der Waals surface area (Å²) in [6, 6.07) is 0.444. The molecule has 0 radical (unpaired) electrons. The molecule has 1 atom stereocenters. The van der Waals surface area contributed by atoms with Crippen LogP contribution in [-0.2, 0) is 6.54 Å². The highest BCUT2D eigenvalue weighted by atomic mass is 15.3. The summed E-state index contributed by atoms with van der Waals surface area (Å²) in [6.45, 7) is 2.25. The molecule has 1 aliphatic heterocycles. The van der Waals surface area contributed by atoms with Gasteiger partial charge in [0.1, 0.15) is 12.2 Å². The first-order valence-corrected chi connectivity index (χ1v) is 6.04. The van der Waals surface area contributed by atoms with Crippen molar-refractivity contribution in [1.29, 1.82) is 0 Å². The first-order chi connectivity index (χ1) is 7.43. The van der Waals surface area contributed by atoms with Crippen molar-refractivity contribution in [2.24, 2.45) is 5.92 Å². The van der Waals surface area contributed by atoms with Crippen molar-refractivity contribution in [1.82, 2.24) is 20.1 Å². The van der Waals surface area contributed by atoms with Crippen LogP contribution in [0.25, 0.3) is 0 Å². The fourth-order valence-electron chi connectivity index (χ4n) is 2.33. The molecule has 0 bridgehead atoms. The molecule has 1 saturated heterocycles. The summed E-state index contributed by atoms with van der Waals surface area (Å²) in [5.74, 6) is 2.05. The largest absolute Gasteiger partial charge is 0.316 e. The molecule has 1 unspecified atom stereocenters. The number of rotatable bonds is 3. The van der Waals surface area contributed by atoms with Gasteiger partial charge in [-0.3, -0.25) is 0 Å². The third-order valence-electron chi connectivity index (χ3n) is 3.42. The molecule has 2 heterocycles. The number of aromatic nitrogens is 3. The van der Waals surface area contributed by atoms with E-state index in [1.165, 1.54) is 32.1 Å². The highest BCUT2D eigenvalue weighted by molar-refractivity contribution is 4.97. The van der Waals surface area contributed by atoms with Gasteiger partial charge >= 0.3 is 0 Å². The molecule has 2 fully saturated rings. The van der Waals surface area contributed by atoms with Gasteiger partial charge in [-0.1, -0.05) is 6.42 Å². The molecule has 1 N–H and O–H groups in total. The smallest absolute Gasteiger partial charge is 0.149 e. The molecule has 1 aromatic heterocycles. The Balaban J connectivity index is 1.73. The Kier molecular flexibility index (Phi) is 2.44. The normalized spacial score (nSPS) is 26.8. The zero-order chi connectivity index (χ0) is 10.1. The Hall–Kier alpha value is -0.900. The van der Waals surface area contributed by atoms with Gasteiger partial charge in [0.2, 0.25) is 0 Å². The monoisotopic (exact) mass is 206 g/mol. The molecule has 0 amide bonds. The van der Waals surface area contributed by atoms with Crippen LogP contribution in [-0.4, -0.2) is 21.3 Å². The van der Waals surface area contributed by atoms with E-state index >= 15 is 0 Å². The van der Waals surface area contributed by atoms with E-state index in [1.807, 2.05) is 6.33 Å². The lowest BCUT2D eigenvalue weighted by atomic mass is 10.0. The average molecular weight is 206 g/mol. The van der Waals surface area contributed by atoms with E-state index in [9.17, 15) is 0 Å². The van der Waals surface area contributed by atoms with Crippen LogP contribution >= 0.6 is 0 Å². The van der Waals surface area contributed by atoms with Crippen LogP contribution in [0, 0.1) is 5.92 Å². The minimum absolute atomic E-state index is 0.444. The molecular weight excluding hydrogens is 188 g/mol. The fraction of sp³-hybridized carbons (Fsp3) is 0.818. The molecule has 0 aromatic carbocycles. The zero-order valence-electron chi connectivity index (χ0n) is 9.02. The van der Waals surface area contributed by atoms with Crippen LogP contribution in [0.15, 0.2) is 6.33 Å². The Morgan fingerprint density at radius 1 is 1.33 bits per heavy atom. The van der Waals surface area contributed by atoms with Gasteiger partial charge in [-0.2, -0.15) is 0 Å². The summed E-state index contributed by atoms with van der Waals surface area (Å²) in [4.78, 5) is 0. The van der Waals surface area contributed by atoms with Crippen molar-refractivity contribution < 1.29 is 0 Å². The number of hydrogen-bond acceptors (Lipinski definition) is 3. The third kappa shape index (κ3) is 2.04. The van der Waals surface area contributed by atoms with Gasteiger partial charge in [0.25, 0.3) is 0 Å². The van der Waals surface area contributed by atoms with Crippen LogP contribution < -0.4 is 5.32 Å². The van der Waals surface area contributed by atoms with Crippen molar-refractivity contribution in [3.05, 3.63) is 12.2 Å². The van der Waals surface area contributed by atoms with Gasteiger partial charge < -0.3 is 9.88 Å².